The Labute approximate surface area is 238 Å². The molecule has 3 aromatic carbocycles. The first-order valence-electron chi connectivity index (χ1n) is 13.2. The Morgan fingerprint density at radius 3 is 2.39 bits per heavy atom. The zero-order valence-electron chi connectivity index (χ0n) is 21.7. The molecule has 0 spiro atoms. The van der Waals surface area contributed by atoms with Crippen LogP contribution >= 0.6 is 27.5 Å². The molecule has 1 aliphatic carbocycles. The van der Waals surface area contributed by atoms with Crippen molar-refractivity contribution in [3.05, 3.63) is 99.0 Å². The van der Waals surface area contributed by atoms with E-state index >= 15 is 0 Å². The Bertz CT molecular complexity index is 1210. The highest BCUT2D eigenvalue weighted by Gasteiger charge is 2.32. The van der Waals surface area contributed by atoms with Gasteiger partial charge in [-0.2, -0.15) is 0 Å². The van der Waals surface area contributed by atoms with E-state index in [1.807, 2.05) is 67.6 Å². The van der Waals surface area contributed by atoms with Crippen LogP contribution < -0.4 is 10.1 Å². The lowest BCUT2D eigenvalue weighted by atomic mass is 9.94. The van der Waals surface area contributed by atoms with Crippen molar-refractivity contribution in [2.45, 2.75) is 64.1 Å². The number of hydrogen-bond donors (Lipinski definition) is 1. The van der Waals surface area contributed by atoms with Crippen molar-refractivity contribution in [1.29, 1.82) is 0 Å². The summed E-state index contributed by atoms with van der Waals surface area (Å²) in [6.45, 7) is 2.07. The molecule has 0 bridgehead atoms. The number of aryl methyl sites for hydroxylation is 1. The standard InChI is InChI=1S/C31H34BrClN2O3/c1-22-18-27(16-17-28(22)32)38-21-30(36)35(20-24-12-14-25(33)15-13-24)29(19-23-8-4-2-5-9-23)31(37)34-26-10-6-3-7-11-26/h2,4-5,8-9,12-18,26,29H,3,6-7,10-11,19-21H2,1H3,(H,34,37)/t29-/m1/s1. The molecule has 2 amide bonds. The number of carbonyl (C=O) groups excluding carboxylic acids is 2. The number of ether oxygens (including phenoxy) is 1. The van der Waals surface area contributed by atoms with Gasteiger partial charge in [-0.05, 0) is 66.8 Å². The van der Waals surface area contributed by atoms with Gasteiger partial charge >= 0.3 is 0 Å². The minimum Gasteiger partial charge on any atom is -0.484 e. The van der Waals surface area contributed by atoms with Crippen LogP contribution in [0.3, 0.4) is 0 Å². The summed E-state index contributed by atoms with van der Waals surface area (Å²) >= 11 is 9.61. The van der Waals surface area contributed by atoms with Crippen molar-refractivity contribution in [1.82, 2.24) is 10.2 Å². The molecule has 1 fully saturated rings. The molecule has 7 heteroatoms. The minimum absolute atomic E-state index is 0.123. The van der Waals surface area contributed by atoms with Gasteiger partial charge in [0.05, 0.1) is 0 Å². The van der Waals surface area contributed by atoms with Crippen molar-refractivity contribution in [3.63, 3.8) is 0 Å². The van der Waals surface area contributed by atoms with E-state index in [1.165, 1.54) is 6.42 Å². The number of benzene rings is 3. The van der Waals surface area contributed by atoms with Gasteiger partial charge in [0.2, 0.25) is 5.91 Å². The van der Waals surface area contributed by atoms with Crippen LogP contribution in [0.1, 0.15) is 48.8 Å². The maximum Gasteiger partial charge on any atom is 0.261 e. The van der Waals surface area contributed by atoms with Crippen LogP contribution in [0.5, 0.6) is 5.75 Å². The van der Waals surface area contributed by atoms with E-state index in [0.717, 1.165) is 46.8 Å². The van der Waals surface area contributed by atoms with E-state index in [1.54, 1.807) is 17.0 Å². The Morgan fingerprint density at radius 1 is 1.00 bits per heavy atom. The van der Waals surface area contributed by atoms with Crippen LogP contribution in [0.4, 0.5) is 0 Å². The topological polar surface area (TPSA) is 58.6 Å². The summed E-state index contributed by atoms with van der Waals surface area (Å²) in [6.07, 6.45) is 5.79. The summed E-state index contributed by atoms with van der Waals surface area (Å²) in [6, 6.07) is 22.3. The molecular formula is C31H34BrClN2O3. The number of rotatable bonds is 10. The monoisotopic (exact) mass is 596 g/mol. The molecule has 38 heavy (non-hydrogen) atoms. The first-order chi connectivity index (χ1) is 18.4. The Morgan fingerprint density at radius 2 is 1.71 bits per heavy atom. The smallest absolute Gasteiger partial charge is 0.261 e. The van der Waals surface area contributed by atoms with Crippen molar-refractivity contribution < 1.29 is 14.3 Å². The number of nitrogens with one attached hydrogen (secondary N) is 1. The van der Waals surface area contributed by atoms with Gasteiger partial charge in [-0.1, -0.05) is 89.3 Å². The highest BCUT2D eigenvalue weighted by atomic mass is 79.9. The van der Waals surface area contributed by atoms with Gasteiger partial charge in [0, 0.05) is 28.5 Å². The quantitative estimate of drug-likeness (QED) is 0.277. The SMILES string of the molecule is Cc1cc(OCC(=O)N(Cc2ccc(Cl)cc2)[C@H](Cc2ccccc2)C(=O)NC2CCCCC2)ccc1Br. The molecule has 0 saturated heterocycles. The molecule has 0 aromatic heterocycles. The van der Waals surface area contributed by atoms with Crippen molar-refractivity contribution in [2.24, 2.45) is 0 Å². The molecule has 1 aliphatic rings. The second-order valence-electron chi connectivity index (χ2n) is 9.90. The van der Waals surface area contributed by atoms with E-state index in [4.69, 9.17) is 16.3 Å². The summed E-state index contributed by atoms with van der Waals surface area (Å²) < 4.78 is 6.88. The average Bonchev–Trinajstić information content (AvgIpc) is 2.93. The van der Waals surface area contributed by atoms with Crippen LogP contribution in [-0.2, 0) is 22.6 Å². The summed E-state index contributed by atoms with van der Waals surface area (Å²) in [5, 5.41) is 3.88. The number of halogens is 2. The molecule has 5 nitrogen and oxygen atoms in total. The highest BCUT2D eigenvalue weighted by Crippen LogP contribution is 2.23. The summed E-state index contributed by atoms with van der Waals surface area (Å²) in [5.41, 5.74) is 2.90. The van der Waals surface area contributed by atoms with Gasteiger partial charge in [-0.25, -0.2) is 0 Å². The van der Waals surface area contributed by atoms with E-state index in [0.29, 0.717) is 17.2 Å². The summed E-state index contributed by atoms with van der Waals surface area (Å²) in [7, 11) is 0. The molecule has 1 saturated carbocycles. The summed E-state index contributed by atoms with van der Waals surface area (Å²) in [5.74, 6) is 0.236. The van der Waals surface area contributed by atoms with Gasteiger partial charge in [0.25, 0.3) is 5.91 Å². The minimum atomic E-state index is -0.683. The fourth-order valence-electron chi connectivity index (χ4n) is 4.82. The molecular weight excluding hydrogens is 564 g/mol. The number of hydrogen-bond acceptors (Lipinski definition) is 3. The molecule has 0 heterocycles. The third-order valence-electron chi connectivity index (χ3n) is 6.98. The van der Waals surface area contributed by atoms with E-state index in [-0.39, 0.29) is 31.0 Å². The van der Waals surface area contributed by atoms with Crippen LogP contribution in [-0.4, -0.2) is 35.4 Å². The lowest BCUT2D eigenvalue weighted by Crippen LogP contribution is -2.53. The lowest BCUT2D eigenvalue weighted by Gasteiger charge is -2.33. The molecule has 1 N–H and O–H groups in total. The van der Waals surface area contributed by atoms with Crippen molar-refractivity contribution >= 4 is 39.3 Å². The molecule has 0 radical (unpaired) electrons. The first-order valence-corrected chi connectivity index (χ1v) is 14.3. The largest absolute Gasteiger partial charge is 0.484 e. The van der Waals surface area contributed by atoms with Gasteiger partial charge in [0.1, 0.15) is 11.8 Å². The second-order valence-corrected chi connectivity index (χ2v) is 11.2. The predicted octanol–water partition coefficient (Wildman–Crippen LogP) is 6.88. The van der Waals surface area contributed by atoms with Crippen molar-refractivity contribution in [3.8, 4) is 5.75 Å². The zero-order valence-corrected chi connectivity index (χ0v) is 24.0. The molecule has 0 unspecified atom stereocenters. The zero-order chi connectivity index (χ0) is 26.9. The average molecular weight is 598 g/mol. The summed E-state index contributed by atoms with van der Waals surface area (Å²) in [4.78, 5) is 29.2. The Hall–Kier alpha value is -2.83. The normalized spacial score (nSPS) is 14.5. The second kappa shape index (κ2) is 13.8. The van der Waals surface area contributed by atoms with E-state index in [2.05, 4.69) is 21.2 Å². The van der Waals surface area contributed by atoms with Crippen LogP contribution in [0, 0.1) is 6.92 Å². The van der Waals surface area contributed by atoms with Crippen molar-refractivity contribution in [2.75, 3.05) is 6.61 Å². The number of nitrogens with zero attached hydrogens (tertiary/aromatic N) is 1. The fraction of sp³-hybridized carbons (Fsp3) is 0.355. The van der Waals surface area contributed by atoms with E-state index < -0.39 is 6.04 Å². The molecule has 3 aromatic rings. The first kappa shape index (κ1) is 28.2. The Balaban J connectivity index is 1.60. The van der Waals surface area contributed by atoms with Crippen LogP contribution in [0.2, 0.25) is 5.02 Å². The fourth-order valence-corrected chi connectivity index (χ4v) is 5.19. The maximum atomic E-state index is 13.8. The molecule has 200 valence electrons. The van der Waals surface area contributed by atoms with E-state index in [9.17, 15) is 9.59 Å². The third-order valence-corrected chi connectivity index (χ3v) is 8.12. The molecule has 4 rings (SSSR count). The van der Waals surface area contributed by atoms with Crippen LogP contribution in [0.25, 0.3) is 0 Å². The Kier molecular flexibility index (Phi) is 10.2. The maximum absolute atomic E-state index is 13.8. The van der Waals surface area contributed by atoms with Gasteiger partial charge in [0.15, 0.2) is 6.61 Å². The highest BCUT2D eigenvalue weighted by molar-refractivity contribution is 9.10. The van der Waals surface area contributed by atoms with Gasteiger partial charge < -0.3 is 15.0 Å². The number of carbonyl (C=O) groups is 2. The lowest BCUT2D eigenvalue weighted by molar-refractivity contribution is -0.143. The third kappa shape index (κ3) is 8.08. The number of amides is 2. The molecule has 0 aliphatic heterocycles. The van der Waals surface area contributed by atoms with Gasteiger partial charge in [-0.15, -0.1) is 0 Å². The van der Waals surface area contributed by atoms with Gasteiger partial charge in [-0.3, -0.25) is 9.59 Å². The molecule has 1 atom stereocenters. The van der Waals surface area contributed by atoms with Crippen LogP contribution in [0.15, 0.2) is 77.3 Å². The predicted molar refractivity (Wildman–Crippen MR) is 155 cm³/mol.